The van der Waals surface area contributed by atoms with Crippen molar-refractivity contribution in [1.82, 2.24) is 10.3 Å². The lowest BCUT2D eigenvalue weighted by molar-refractivity contribution is 0.455. The average Bonchev–Trinajstić information content (AvgIpc) is 2.39. The number of rotatable bonds is 1. The first-order chi connectivity index (χ1) is 7.95. The van der Waals surface area contributed by atoms with Crippen LogP contribution in [0.2, 0.25) is 0 Å². The van der Waals surface area contributed by atoms with E-state index in [2.05, 4.69) is 16.4 Å². The first kappa shape index (κ1) is 12.8. The first-order valence-electron chi connectivity index (χ1n) is 6.62. The Hall–Kier alpha value is -0.600. The van der Waals surface area contributed by atoms with Crippen LogP contribution in [0.4, 0.5) is 0 Å². The van der Waals surface area contributed by atoms with Crippen LogP contribution in [-0.2, 0) is 12.8 Å². The van der Waals surface area contributed by atoms with E-state index in [1.807, 2.05) is 6.20 Å². The van der Waals surface area contributed by atoms with Crippen LogP contribution in [0.15, 0.2) is 12.3 Å². The molecule has 0 bridgehead atoms. The summed E-state index contributed by atoms with van der Waals surface area (Å²) in [4.78, 5) is 4.56. The summed E-state index contributed by atoms with van der Waals surface area (Å²) in [6.45, 7) is 2.36. The summed E-state index contributed by atoms with van der Waals surface area (Å²) < 4.78 is 0. The van der Waals surface area contributed by atoms with E-state index < -0.39 is 0 Å². The maximum absolute atomic E-state index is 4.56. The SMILES string of the molecule is Cl.c1cc(C2CCNCC2)c2c(n1)CCCC2. The summed E-state index contributed by atoms with van der Waals surface area (Å²) in [7, 11) is 0. The van der Waals surface area contributed by atoms with Crippen molar-refractivity contribution in [3.63, 3.8) is 0 Å². The Kier molecular flexibility index (Phi) is 4.41. The fraction of sp³-hybridized carbons (Fsp3) is 0.643. The van der Waals surface area contributed by atoms with Crippen molar-refractivity contribution < 1.29 is 0 Å². The number of fused-ring (bicyclic) bond motifs is 1. The average molecular weight is 253 g/mol. The molecular formula is C14H21ClN2. The Morgan fingerprint density at radius 3 is 2.71 bits per heavy atom. The Morgan fingerprint density at radius 2 is 1.88 bits per heavy atom. The number of halogens is 1. The highest BCUT2D eigenvalue weighted by molar-refractivity contribution is 5.85. The molecule has 0 spiro atoms. The predicted molar refractivity (Wildman–Crippen MR) is 73.0 cm³/mol. The van der Waals surface area contributed by atoms with Gasteiger partial charge in [-0.25, -0.2) is 0 Å². The van der Waals surface area contributed by atoms with Gasteiger partial charge in [0.2, 0.25) is 0 Å². The van der Waals surface area contributed by atoms with Crippen LogP contribution in [0, 0.1) is 0 Å². The molecule has 0 unspecified atom stereocenters. The summed E-state index contributed by atoms with van der Waals surface area (Å²) >= 11 is 0. The molecule has 17 heavy (non-hydrogen) atoms. The number of hydrogen-bond acceptors (Lipinski definition) is 2. The summed E-state index contributed by atoms with van der Waals surface area (Å²) in [5.74, 6) is 0.788. The van der Waals surface area contributed by atoms with Gasteiger partial charge in [0.1, 0.15) is 0 Å². The lowest BCUT2D eigenvalue weighted by atomic mass is 9.83. The lowest BCUT2D eigenvalue weighted by Gasteiger charge is -2.27. The molecule has 94 valence electrons. The quantitative estimate of drug-likeness (QED) is 0.832. The van der Waals surface area contributed by atoms with E-state index in [-0.39, 0.29) is 12.4 Å². The van der Waals surface area contributed by atoms with Gasteiger partial charge < -0.3 is 5.32 Å². The molecule has 1 N–H and O–H groups in total. The molecule has 1 aromatic rings. The monoisotopic (exact) mass is 252 g/mol. The molecule has 0 atom stereocenters. The van der Waals surface area contributed by atoms with Crippen LogP contribution in [0.5, 0.6) is 0 Å². The second-order valence-electron chi connectivity index (χ2n) is 5.06. The van der Waals surface area contributed by atoms with Crippen molar-refractivity contribution in [2.75, 3.05) is 13.1 Å². The third kappa shape index (κ3) is 2.63. The van der Waals surface area contributed by atoms with Crippen LogP contribution in [-0.4, -0.2) is 18.1 Å². The molecule has 1 fully saturated rings. The third-order valence-electron chi connectivity index (χ3n) is 4.05. The zero-order valence-corrected chi connectivity index (χ0v) is 11.1. The highest BCUT2D eigenvalue weighted by Crippen LogP contribution is 2.32. The predicted octanol–water partition coefficient (Wildman–Crippen LogP) is 2.85. The summed E-state index contributed by atoms with van der Waals surface area (Å²) in [6.07, 6.45) is 9.79. The molecule has 2 aliphatic rings. The zero-order chi connectivity index (χ0) is 10.8. The molecule has 1 saturated heterocycles. The number of nitrogens with zero attached hydrogens (tertiary/aromatic N) is 1. The van der Waals surface area contributed by atoms with Gasteiger partial charge in [-0.1, -0.05) is 0 Å². The van der Waals surface area contributed by atoms with Crippen molar-refractivity contribution in [1.29, 1.82) is 0 Å². The smallest absolute Gasteiger partial charge is 0.0438 e. The van der Waals surface area contributed by atoms with Crippen molar-refractivity contribution in [2.24, 2.45) is 0 Å². The fourth-order valence-corrected chi connectivity index (χ4v) is 3.17. The van der Waals surface area contributed by atoms with E-state index in [9.17, 15) is 0 Å². The van der Waals surface area contributed by atoms with E-state index in [0.717, 1.165) is 5.92 Å². The summed E-state index contributed by atoms with van der Waals surface area (Å²) in [6, 6.07) is 2.28. The Balaban J connectivity index is 0.00000108. The number of piperidine rings is 1. The van der Waals surface area contributed by atoms with Crippen molar-refractivity contribution in [2.45, 2.75) is 44.4 Å². The van der Waals surface area contributed by atoms with Crippen molar-refractivity contribution in [3.05, 3.63) is 29.1 Å². The molecule has 2 heterocycles. The van der Waals surface area contributed by atoms with Gasteiger partial charge in [-0.05, 0) is 74.7 Å². The number of aryl methyl sites for hydroxylation is 1. The van der Waals surface area contributed by atoms with Gasteiger partial charge >= 0.3 is 0 Å². The summed E-state index contributed by atoms with van der Waals surface area (Å²) in [5, 5.41) is 3.45. The largest absolute Gasteiger partial charge is 0.317 e. The second-order valence-corrected chi connectivity index (χ2v) is 5.06. The topological polar surface area (TPSA) is 24.9 Å². The molecular weight excluding hydrogens is 232 g/mol. The van der Waals surface area contributed by atoms with E-state index in [4.69, 9.17) is 0 Å². The highest BCUT2D eigenvalue weighted by Gasteiger charge is 2.21. The minimum atomic E-state index is 0. The van der Waals surface area contributed by atoms with Gasteiger partial charge in [-0.2, -0.15) is 0 Å². The summed E-state index contributed by atoms with van der Waals surface area (Å²) in [5.41, 5.74) is 4.61. The van der Waals surface area contributed by atoms with Gasteiger partial charge in [0, 0.05) is 11.9 Å². The van der Waals surface area contributed by atoms with Crippen LogP contribution in [0.25, 0.3) is 0 Å². The van der Waals surface area contributed by atoms with E-state index in [1.165, 1.54) is 57.3 Å². The third-order valence-corrected chi connectivity index (χ3v) is 4.05. The molecule has 0 amide bonds. The molecule has 2 nitrogen and oxygen atoms in total. The van der Waals surface area contributed by atoms with E-state index in [1.54, 1.807) is 11.1 Å². The molecule has 3 rings (SSSR count). The van der Waals surface area contributed by atoms with Crippen LogP contribution in [0.1, 0.15) is 48.4 Å². The van der Waals surface area contributed by atoms with Crippen LogP contribution in [0.3, 0.4) is 0 Å². The lowest BCUT2D eigenvalue weighted by Crippen LogP contribution is -2.27. The number of nitrogens with one attached hydrogen (secondary N) is 1. The molecule has 0 saturated carbocycles. The van der Waals surface area contributed by atoms with Gasteiger partial charge in [-0.15, -0.1) is 12.4 Å². The fourth-order valence-electron chi connectivity index (χ4n) is 3.17. The van der Waals surface area contributed by atoms with Crippen LogP contribution < -0.4 is 5.32 Å². The van der Waals surface area contributed by atoms with E-state index >= 15 is 0 Å². The standard InChI is InChI=1S/C14H20N2.ClH/c1-2-4-14-13(3-1)12(7-10-16-14)11-5-8-15-9-6-11;/h7,10-11,15H,1-6,8-9H2;1H. The number of aromatic nitrogens is 1. The Morgan fingerprint density at radius 1 is 1.12 bits per heavy atom. The maximum atomic E-state index is 4.56. The van der Waals surface area contributed by atoms with Gasteiger partial charge in [0.05, 0.1) is 0 Å². The van der Waals surface area contributed by atoms with Gasteiger partial charge in [-0.3, -0.25) is 4.98 Å². The van der Waals surface area contributed by atoms with Crippen molar-refractivity contribution in [3.8, 4) is 0 Å². The molecule has 1 aliphatic heterocycles. The minimum absolute atomic E-state index is 0. The number of pyridine rings is 1. The van der Waals surface area contributed by atoms with E-state index in [0.29, 0.717) is 0 Å². The van der Waals surface area contributed by atoms with Gasteiger partial charge in [0.15, 0.2) is 0 Å². The second kappa shape index (κ2) is 5.83. The first-order valence-corrected chi connectivity index (χ1v) is 6.62. The molecule has 0 radical (unpaired) electrons. The zero-order valence-electron chi connectivity index (χ0n) is 10.2. The maximum Gasteiger partial charge on any atom is 0.0438 e. The normalized spacial score (nSPS) is 20.5. The highest BCUT2D eigenvalue weighted by atomic mass is 35.5. The van der Waals surface area contributed by atoms with Crippen LogP contribution >= 0.6 is 12.4 Å². The molecule has 3 heteroatoms. The Bertz CT molecular complexity index is 372. The minimum Gasteiger partial charge on any atom is -0.317 e. The molecule has 1 aliphatic carbocycles. The van der Waals surface area contributed by atoms with Crippen molar-refractivity contribution >= 4 is 12.4 Å². The molecule has 1 aromatic heterocycles. The Labute approximate surface area is 110 Å². The number of hydrogen-bond donors (Lipinski definition) is 1. The van der Waals surface area contributed by atoms with Gasteiger partial charge in [0.25, 0.3) is 0 Å². The molecule has 0 aromatic carbocycles.